The number of hydrogen-bond donors (Lipinski definition) is 0. The second kappa shape index (κ2) is 6.97. The van der Waals surface area contributed by atoms with E-state index in [2.05, 4.69) is 32.9 Å². The number of nitrogens with zero attached hydrogens (tertiary/aromatic N) is 1. The summed E-state index contributed by atoms with van der Waals surface area (Å²) >= 11 is 1.45. The van der Waals surface area contributed by atoms with E-state index in [0.29, 0.717) is 0 Å². The van der Waals surface area contributed by atoms with Gasteiger partial charge < -0.3 is 0 Å². The van der Waals surface area contributed by atoms with Crippen LogP contribution in [0.2, 0.25) is 0 Å². The third-order valence-corrected chi connectivity index (χ3v) is 4.43. The molecular formula is C11H16NO3PS. The van der Waals surface area contributed by atoms with Crippen LogP contribution in [0.3, 0.4) is 0 Å². The summed E-state index contributed by atoms with van der Waals surface area (Å²) in [6.45, 7) is 2.06. The van der Waals surface area contributed by atoms with E-state index >= 15 is 0 Å². The summed E-state index contributed by atoms with van der Waals surface area (Å²) < 4.78 is 24.7. The molecule has 1 rings (SSSR count). The molecule has 94 valence electrons. The smallest absolute Gasteiger partial charge is 0.294 e. The lowest BCUT2D eigenvalue weighted by Gasteiger charge is -2.06. The highest BCUT2D eigenvalue weighted by Gasteiger charge is 2.17. The van der Waals surface area contributed by atoms with E-state index in [4.69, 9.17) is 0 Å². The predicted octanol–water partition coefficient (Wildman–Crippen LogP) is 3.66. The summed E-state index contributed by atoms with van der Waals surface area (Å²) in [5.41, 5.74) is 3.98. The summed E-state index contributed by atoms with van der Waals surface area (Å²) in [7, 11) is -0.639. The maximum atomic E-state index is 11.6. The molecule has 4 nitrogen and oxygen atoms in total. The number of aryl methyl sites for hydroxylation is 1. The Morgan fingerprint density at radius 2 is 2.00 bits per heavy atom. The normalized spacial score (nSPS) is 12.2. The van der Waals surface area contributed by atoms with Gasteiger partial charge in [-0.1, -0.05) is 24.3 Å². The molecule has 17 heavy (non-hydrogen) atoms. The molecule has 0 radical (unpaired) electrons. The van der Waals surface area contributed by atoms with Gasteiger partial charge in [0.2, 0.25) is 0 Å². The van der Waals surface area contributed by atoms with Crippen molar-refractivity contribution in [2.45, 2.75) is 12.7 Å². The number of hydrogen-bond acceptors (Lipinski definition) is 4. The number of benzene rings is 1. The largest absolute Gasteiger partial charge is 0.453 e. The zero-order valence-electron chi connectivity index (χ0n) is 10.1. The van der Waals surface area contributed by atoms with Crippen LogP contribution in [0.5, 0.6) is 0 Å². The van der Waals surface area contributed by atoms with Crippen molar-refractivity contribution in [3.63, 3.8) is 0 Å². The molecule has 0 heterocycles. The molecule has 1 aromatic rings. The molecule has 0 N–H and O–H groups in total. The zero-order valence-corrected chi connectivity index (χ0v) is 11.8. The molecule has 0 aliphatic carbocycles. The monoisotopic (exact) mass is 273 g/mol. The Bertz CT molecular complexity index is 428. The van der Waals surface area contributed by atoms with Crippen LogP contribution in [0.4, 0.5) is 0 Å². The fraction of sp³-hybridized carbons (Fsp3) is 0.364. The molecule has 0 atom stereocenters. The van der Waals surface area contributed by atoms with E-state index in [1.807, 2.05) is 12.1 Å². The van der Waals surface area contributed by atoms with Crippen molar-refractivity contribution in [2.75, 3.05) is 14.2 Å². The van der Waals surface area contributed by atoms with E-state index < -0.39 is 7.75 Å². The van der Waals surface area contributed by atoms with Crippen molar-refractivity contribution in [1.29, 1.82) is 0 Å². The lowest BCUT2D eigenvalue weighted by molar-refractivity contribution is 0.277. The van der Waals surface area contributed by atoms with Crippen molar-refractivity contribution < 1.29 is 13.6 Å². The van der Waals surface area contributed by atoms with E-state index in [1.165, 1.54) is 42.7 Å². The number of thioether (sulfide) groups is 1. The van der Waals surface area contributed by atoms with Crippen LogP contribution < -0.4 is 0 Å². The first-order valence-corrected chi connectivity index (χ1v) is 7.57. The van der Waals surface area contributed by atoms with Gasteiger partial charge in [0, 0.05) is 20.0 Å². The first kappa shape index (κ1) is 14.5. The molecule has 0 spiro atoms. The maximum Gasteiger partial charge on any atom is 0.453 e. The number of rotatable bonds is 6. The van der Waals surface area contributed by atoms with Crippen molar-refractivity contribution >= 4 is 25.1 Å². The Balaban J connectivity index is 2.51. The molecule has 0 fully saturated rings. The van der Waals surface area contributed by atoms with Gasteiger partial charge >= 0.3 is 7.75 Å². The fourth-order valence-corrected chi connectivity index (χ4v) is 2.80. The van der Waals surface area contributed by atoms with Crippen LogP contribution in [-0.4, -0.2) is 19.8 Å². The summed E-state index contributed by atoms with van der Waals surface area (Å²) in [5, 5.41) is 0. The van der Waals surface area contributed by atoms with Crippen molar-refractivity contribution in [2.24, 2.45) is 4.76 Å². The molecule has 0 aliphatic rings. The lowest BCUT2D eigenvalue weighted by atomic mass is 10.1. The standard InChI is InChI=1S/C11H16NO3PS/c1-10-6-4-5-7-11(10)8-17-9-12-16(13,14-2)15-3/h4-7,9H,8H2,1-3H3. The minimum atomic E-state index is -3.27. The van der Waals surface area contributed by atoms with E-state index in [0.717, 1.165) is 5.75 Å². The molecule has 1 aromatic carbocycles. The van der Waals surface area contributed by atoms with Gasteiger partial charge in [-0.3, -0.25) is 9.05 Å². The van der Waals surface area contributed by atoms with Crippen LogP contribution in [0.1, 0.15) is 11.1 Å². The SMILES string of the molecule is COP(=O)(N=CSCc1ccccc1C)OC. The molecule has 6 heteroatoms. The van der Waals surface area contributed by atoms with Crippen LogP contribution >= 0.6 is 19.5 Å². The lowest BCUT2D eigenvalue weighted by Crippen LogP contribution is -1.86. The van der Waals surface area contributed by atoms with Gasteiger partial charge in [0.05, 0.1) is 5.55 Å². The quantitative estimate of drug-likeness (QED) is 0.451. The molecule has 0 aromatic heterocycles. The minimum Gasteiger partial charge on any atom is -0.294 e. The third-order valence-electron chi connectivity index (χ3n) is 2.22. The topological polar surface area (TPSA) is 47.9 Å². The Morgan fingerprint density at radius 3 is 2.59 bits per heavy atom. The van der Waals surface area contributed by atoms with E-state index in [1.54, 1.807) is 0 Å². The Morgan fingerprint density at radius 1 is 1.35 bits per heavy atom. The highest BCUT2D eigenvalue weighted by Crippen LogP contribution is 2.47. The fourth-order valence-electron chi connectivity index (χ4n) is 1.16. The van der Waals surface area contributed by atoms with Crippen LogP contribution in [0.25, 0.3) is 0 Å². The van der Waals surface area contributed by atoms with E-state index in [-0.39, 0.29) is 0 Å². The minimum absolute atomic E-state index is 0.781. The van der Waals surface area contributed by atoms with E-state index in [9.17, 15) is 4.57 Å². The second-order valence-electron chi connectivity index (χ2n) is 3.29. The molecule has 0 saturated heterocycles. The van der Waals surface area contributed by atoms with Crippen molar-refractivity contribution in [3.8, 4) is 0 Å². The van der Waals surface area contributed by atoms with Crippen molar-refractivity contribution in [3.05, 3.63) is 35.4 Å². The van der Waals surface area contributed by atoms with Crippen LogP contribution in [-0.2, 0) is 19.4 Å². The maximum absolute atomic E-state index is 11.6. The molecule has 0 saturated carbocycles. The molecule has 0 aliphatic heterocycles. The highest BCUT2D eigenvalue weighted by atomic mass is 32.2. The third kappa shape index (κ3) is 4.64. The van der Waals surface area contributed by atoms with Crippen LogP contribution in [0, 0.1) is 6.92 Å². The highest BCUT2D eigenvalue weighted by molar-refractivity contribution is 8.11. The summed E-state index contributed by atoms with van der Waals surface area (Å²) in [4.78, 5) is 0. The second-order valence-corrected chi connectivity index (χ2v) is 6.02. The van der Waals surface area contributed by atoms with Crippen molar-refractivity contribution in [1.82, 2.24) is 0 Å². The summed E-state index contributed by atoms with van der Waals surface area (Å²) in [5.74, 6) is 0.781. The predicted molar refractivity (Wildman–Crippen MR) is 72.6 cm³/mol. The van der Waals surface area contributed by atoms with Gasteiger partial charge in [-0.05, 0) is 18.1 Å². The molecular weight excluding hydrogens is 257 g/mol. The Labute approximate surface area is 106 Å². The Kier molecular flexibility index (Phi) is 5.92. The summed E-state index contributed by atoms with van der Waals surface area (Å²) in [6, 6.07) is 8.11. The first-order valence-electron chi connectivity index (χ1n) is 5.03. The van der Waals surface area contributed by atoms with Gasteiger partial charge in [0.15, 0.2) is 0 Å². The average molecular weight is 273 g/mol. The summed E-state index contributed by atoms with van der Waals surface area (Å²) in [6.07, 6.45) is 0. The molecule has 0 bridgehead atoms. The first-order chi connectivity index (χ1) is 8.11. The van der Waals surface area contributed by atoms with Gasteiger partial charge in [-0.2, -0.15) is 4.76 Å². The van der Waals surface area contributed by atoms with Gasteiger partial charge in [-0.25, -0.2) is 4.57 Å². The average Bonchev–Trinajstić information content (AvgIpc) is 2.36. The zero-order chi connectivity index (χ0) is 12.7. The Hall–Kier alpha value is -0.610. The molecule has 0 amide bonds. The van der Waals surface area contributed by atoms with Crippen LogP contribution in [0.15, 0.2) is 29.0 Å². The van der Waals surface area contributed by atoms with Gasteiger partial charge in [0.25, 0.3) is 0 Å². The molecule has 0 unspecified atom stereocenters. The van der Waals surface area contributed by atoms with Gasteiger partial charge in [-0.15, -0.1) is 11.8 Å². The van der Waals surface area contributed by atoms with Gasteiger partial charge in [0.1, 0.15) is 0 Å².